The Balaban J connectivity index is 1.93. The Morgan fingerprint density at radius 1 is 1.41 bits per heavy atom. The highest BCUT2D eigenvalue weighted by Gasteiger charge is 2.51. The van der Waals surface area contributed by atoms with Crippen LogP contribution in [0.1, 0.15) is 36.2 Å². The number of rotatable bonds is 2. The average molecular weight is 333 g/mol. The van der Waals surface area contributed by atoms with Crippen LogP contribution in [0.15, 0.2) is 10.5 Å². The predicted molar refractivity (Wildman–Crippen MR) is 75.2 cm³/mol. The molecule has 22 heavy (non-hydrogen) atoms. The number of carbonyl (C=O) groups is 1. The number of ether oxygens (including phenoxy) is 1. The second-order valence-corrected chi connectivity index (χ2v) is 6.13. The minimum absolute atomic E-state index is 0.0884. The van der Waals surface area contributed by atoms with Gasteiger partial charge in [-0.2, -0.15) is 18.3 Å². The lowest BCUT2D eigenvalue weighted by atomic mass is 9.82. The van der Waals surface area contributed by atoms with Crippen LogP contribution in [-0.2, 0) is 4.74 Å². The molecular formula is C13H14F3N3O2S. The van der Waals surface area contributed by atoms with Crippen molar-refractivity contribution in [2.24, 2.45) is 11.0 Å². The third kappa shape index (κ3) is 2.57. The monoisotopic (exact) mass is 333 g/mol. The number of anilines is 1. The number of halogens is 3. The summed E-state index contributed by atoms with van der Waals surface area (Å²) >= 11 is 1.10. The molecule has 1 aromatic rings. The zero-order chi connectivity index (χ0) is 15.9. The number of esters is 1. The highest BCUT2D eigenvalue weighted by Crippen LogP contribution is 2.42. The number of hydrogen-bond acceptors (Lipinski definition) is 6. The third-order valence-corrected chi connectivity index (χ3v) is 4.81. The SMILES string of the molecule is COC(=O)c1csc(N2N=C(C(F)(F)F)[C@H]3CCCC[C@H]32)n1. The fourth-order valence-corrected chi connectivity index (χ4v) is 3.81. The highest BCUT2D eigenvalue weighted by atomic mass is 32.1. The first kappa shape index (κ1) is 15.3. The van der Waals surface area contributed by atoms with Gasteiger partial charge in [0.25, 0.3) is 0 Å². The van der Waals surface area contributed by atoms with Crippen molar-refractivity contribution < 1.29 is 22.7 Å². The lowest BCUT2D eigenvalue weighted by Gasteiger charge is -2.30. The first-order chi connectivity index (χ1) is 10.4. The van der Waals surface area contributed by atoms with Crippen LogP contribution < -0.4 is 5.01 Å². The number of carbonyl (C=O) groups excluding carboxylic acids is 1. The Morgan fingerprint density at radius 3 is 2.82 bits per heavy atom. The van der Waals surface area contributed by atoms with Gasteiger partial charge in [0.15, 0.2) is 5.69 Å². The second-order valence-electron chi connectivity index (χ2n) is 5.29. The molecule has 2 atom stereocenters. The van der Waals surface area contributed by atoms with Crippen molar-refractivity contribution in [2.45, 2.75) is 37.9 Å². The molecule has 120 valence electrons. The lowest BCUT2D eigenvalue weighted by Crippen LogP contribution is -2.39. The van der Waals surface area contributed by atoms with Crippen molar-refractivity contribution in [3.05, 3.63) is 11.1 Å². The molecule has 0 bridgehead atoms. The van der Waals surface area contributed by atoms with Crippen LogP contribution in [0.5, 0.6) is 0 Å². The van der Waals surface area contributed by atoms with Crippen molar-refractivity contribution in [3.63, 3.8) is 0 Å². The Hall–Kier alpha value is -1.64. The topological polar surface area (TPSA) is 54.8 Å². The van der Waals surface area contributed by atoms with Crippen LogP contribution in [0.4, 0.5) is 18.3 Å². The van der Waals surface area contributed by atoms with E-state index in [0.29, 0.717) is 18.0 Å². The van der Waals surface area contributed by atoms with Crippen LogP contribution in [-0.4, -0.2) is 36.0 Å². The molecule has 0 unspecified atom stereocenters. The molecular weight excluding hydrogens is 319 g/mol. The Kier molecular flexibility index (Phi) is 3.84. The minimum Gasteiger partial charge on any atom is -0.464 e. The molecule has 0 N–H and O–H groups in total. The molecule has 0 radical (unpaired) electrons. The van der Waals surface area contributed by atoms with Crippen LogP contribution in [0, 0.1) is 5.92 Å². The summed E-state index contributed by atoms with van der Waals surface area (Å²) in [4.78, 5) is 15.5. The van der Waals surface area contributed by atoms with Gasteiger partial charge in [0.1, 0.15) is 5.71 Å². The summed E-state index contributed by atoms with van der Waals surface area (Å²) in [6.07, 6.45) is -1.67. The molecule has 0 aromatic carbocycles. The van der Waals surface area contributed by atoms with Crippen molar-refractivity contribution in [2.75, 3.05) is 12.1 Å². The number of thiazole rings is 1. The van der Waals surface area contributed by atoms with E-state index < -0.39 is 23.8 Å². The quantitative estimate of drug-likeness (QED) is 0.780. The lowest BCUT2D eigenvalue weighted by molar-refractivity contribution is -0.0628. The molecule has 3 rings (SSSR count). The Labute approximate surface area is 128 Å². The third-order valence-electron chi connectivity index (χ3n) is 3.98. The zero-order valence-electron chi connectivity index (χ0n) is 11.8. The van der Waals surface area contributed by atoms with Gasteiger partial charge in [0.2, 0.25) is 5.13 Å². The highest BCUT2D eigenvalue weighted by molar-refractivity contribution is 7.13. The number of methoxy groups -OCH3 is 1. The van der Waals surface area contributed by atoms with Crippen molar-refractivity contribution >= 4 is 28.1 Å². The van der Waals surface area contributed by atoms with Crippen molar-refractivity contribution in [3.8, 4) is 0 Å². The molecule has 0 amide bonds. The molecule has 0 spiro atoms. The van der Waals surface area contributed by atoms with Gasteiger partial charge in [-0.05, 0) is 12.8 Å². The Morgan fingerprint density at radius 2 is 2.14 bits per heavy atom. The maximum Gasteiger partial charge on any atom is 0.431 e. The van der Waals surface area contributed by atoms with Crippen LogP contribution in [0.2, 0.25) is 0 Å². The molecule has 2 aliphatic rings. The number of alkyl halides is 3. The van der Waals surface area contributed by atoms with E-state index in [2.05, 4.69) is 14.8 Å². The average Bonchev–Trinajstić information content (AvgIpc) is 3.10. The molecule has 9 heteroatoms. The molecule has 1 aromatic heterocycles. The Bertz CT molecular complexity index is 614. The summed E-state index contributed by atoms with van der Waals surface area (Å²) in [6.45, 7) is 0. The summed E-state index contributed by atoms with van der Waals surface area (Å²) in [5.41, 5.74) is -0.641. The number of hydrogen-bond donors (Lipinski definition) is 0. The second kappa shape index (κ2) is 5.53. The fourth-order valence-electron chi connectivity index (χ4n) is 3.01. The maximum absolute atomic E-state index is 13.2. The van der Waals surface area contributed by atoms with E-state index in [9.17, 15) is 18.0 Å². The van der Waals surface area contributed by atoms with E-state index in [1.54, 1.807) is 0 Å². The summed E-state index contributed by atoms with van der Waals surface area (Å²) in [5, 5.41) is 6.91. The largest absolute Gasteiger partial charge is 0.464 e. The first-order valence-corrected chi connectivity index (χ1v) is 7.78. The fraction of sp³-hybridized carbons (Fsp3) is 0.615. The number of nitrogens with zero attached hydrogens (tertiary/aromatic N) is 3. The normalized spacial score (nSPS) is 24.9. The smallest absolute Gasteiger partial charge is 0.431 e. The van der Waals surface area contributed by atoms with Gasteiger partial charge >= 0.3 is 12.1 Å². The summed E-state index contributed by atoms with van der Waals surface area (Å²) in [6, 6.07) is -0.331. The van der Waals surface area contributed by atoms with Crippen LogP contribution >= 0.6 is 11.3 Å². The van der Waals surface area contributed by atoms with Gasteiger partial charge in [0.05, 0.1) is 13.2 Å². The van der Waals surface area contributed by atoms with E-state index in [0.717, 1.165) is 24.2 Å². The number of aromatic nitrogens is 1. The minimum atomic E-state index is -4.43. The van der Waals surface area contributed by atoms with Crippen LogP contribution in [0.3, 0.4) is 0 Å². The van der Waals surface area contributed by atoms with Gasteiger partial charge in [-0.25, -0.2) is 14.8 Å². The number of hydrazone groups is 1. The molecule has 1 aliphatic carbocycles. The summed E-state index contributed by atoms with van der Waals surface area (Å²) in [5.74, 6) is -1.22. The standard InChI is InChI=1S/C13H14F3N3O2S/c1-21-11(20)8-6-22-12(17-8)19-9-5-3-2-4-7(9)10(18-19)13(14,15)16/h6-7,9H,2-5H2,1H3/t7-,9+/m0/s1. The van der Waals surface area contributed by atoms with Crippen molar-refractivity contribution in [1.29, 1.82) is 0 Å². The molecule has 2 heterocycles. The predicted octanol–water partition coefficient (Wildman–Crippen LogP) is 3.23. The van der Waals surface area contributed by atoms with Gasteiger partial charge in [-0.1, -0.05) is 12.8 Å². The van der Waals surface area contributed by atoms with Gasteiger partial charge in [0, 0.05) is 11.3 Å². The van der Waals surface area contributed by atoms with E-state index in [4.69, 9.17) is 0 Å². The van der Waals surface area contributed by atoms with E-state index in [1.807, 2.05) is 0 Å². The van der Waals surface area contributed by atoms with E-state index in [1.165, 1.54) is 17.5 Å². The first-order valence-electron chi connectivity index (χ1n) is 6.90. The van der Waals surface area contributed by atoms with Gasteiger partial charge in [-0.15, -0.1) is 11.3 Å². The van der Waals surface area contributed by atoms with E-state index in [-0.39, 0.29) is 11.7 Å². The van der Waals surface area contributed by atoms with Crippen molar-refractivity contribution in [1.82, 2.24) is 4.98 Å². The van der Waals surface area contributed by atoms with Gasteiger partial charge < -0.3 is 4.74 Å². The molecule has 1 fully saturated rings. The molecule has 0 saturated heterocycles. The zero-order valence-corrected chi connectivity index (χ0v) is 12.6. The molecule has 5 nitrogen and oxygen atoms in total. The van der Waals surface area contributed by atoms with Gasteiger partial charge in [-0.3, -0.25) is 0 Å². The molecule has 1 saturated carbocycles. The molecule has 1 aliphatic heterocycles. The summed E-state index contributed by atoms with van der Waals surface area (Å²) < 4.78 is 44.0. The van der Waals surface area contributed by atoms with E-state index >= 15 is 0 Å². The number of fused-ring (bicyclic) bond motifs is 1. The summed E-state index contributed by atoms with van der Waals surface area (Å²) in [7, 11) is 1.23. The maximum atomic E-state index is 13.2. The van der Waals surface area contributed by atoms with Crippen LogP contribution in [0.25, 0.3) is 0 Å².